The lowest BCUT2D eigenvalue weighted by molar-refractivity contribution is -0.124. The third kappa shape index (κ3) is 4.69. The fourth-order valence-corrected chi connectivity index (χ4v) is 4.57. The standard InChI is InChI=1S/C15H20N2O5S/c1-15(7-8-23(20,21)10-15)17-13(18)9-22-12-5-3-11(4-6-12)14(19)16-2/h3-6H,7-10H2,1-2H3,(H,16,19)(H,17,18)/t15-/m0/s1. The van der Waals surface area contributed by atoms with Gasteiger partial charge in [-0.15, -0.1) is 0 Å². The summed E-state index contributed by atoms with van der Waals surface area (Å²) in [7, 11) is -1.53. The first kappa shape index (κ1) is 17.3. The predicted molar refractivity (Wildman–Crippen MR) is 85.1 cm³/mol. The molecule has 0 bridgehead atoms. The summed E-state index contributed by atoms with van der Waals surface area (Å²) in [5, 5.41) is 5.22. The van der Waals surface area contributed by atoms with Crippen molar-refractivity contribution in [2.24, 2.45) is 0 Å². The molecular weight excluding hydrogens is 320 g/mol. The van der Waals surface area contributed by atoms with Gasteiger partial charge in [0.2, 0.25) is 0 Å². The van der Waals surface area contributed by atoms with Gasteiger partial charge in [-0.25, -0.2) is 8.42 Å². The summed E-state index contributed by atoms with van der Waals surface area (Å²) >= 11 is 0. The second-order valence-corrected chi connectivity index (χ2v) is 8.03. The summed E-state index contributed by atoms with van der Waals surface area (Å²) in [6.45, 7) is 1.50. The lowest BCUT2D eigenvalue weighted by atomic mass is 10.0. The Morgan fingerprint density at radius 3 is 2.43 bits per heavy atom. The first-order chi connectivity index (χ1) is 10.7. The van der Waals surface area contributed by atoms with E-state index in [2.05, 4.69) is 10.6 Å². The number of hydrogen-bond acceptors (Lipinski definition) is 5. The van der Waals surface area contributed by atoms with Crippen molar-refractivity contribution in [3.05, 3.63) is 29.8 Å². The molecule has 1 fully saturated rings. The van der Waals surface area contributed by atoms with Gasteiger partial charge in [0.15, 0.2) is 16.4 Å². The molecule has 1 aromatic carbocycles. The number of amides is 2. The maximum Gasteiger partial charge on any atom is 0.258 e. The topological polar surface area (TPSA) is 102 Å². The summed E-state index contributed by atoms with van der Waals surface area (Å²) in [4.78, 5) is 23.3. The summed E-state index contributed by atoms with van der Waals surface area (Å²) < 4.78 is 28.4. The Bertz CT molecular complexity index is 699. The molecule has 2 N–H and O–H groups in total. The Hall–Kier alpha value is -2.09. The van der Waals surface area contributed by atoms with Crippen LogP contribution in [-0.4, -0.2) is 50.9 Å². The van der Waals surface area contributed by atoms with Crippen molar-refractivity contribution in [3.63, 3.8) is 0 Å². The highest BCUT2D eigenvalue weighted by Crippen LogP contribution is 2.22. The second-order valence-electron chi connectivity index (χ2n) is 5.84. The molecule has 1 aromatic rings. The number of hydrogen-bond donors (Lipinski definition) is 2. The van der Waals surface area contributed by atoms with Crippen LogP contribution in [0.2, 0.25) is 0 Å². The molecule has 1 aliphatic heterocycles. The largest absolute Gasteiger partial charge is 0.484 e. The maximum absolute atomic E-state index is 11.9. The van der Waals surface area contributed by atoms with Crippen LogP contribution >= 0.6 is 0 Å². The SMILES string of the molecule is CNC(=O)c1ccc(OCC(=O)N[C@@]2(C)CCS(=O)(=O)C2)cc1. The Morgan fingerprint density at radius 2 is 1.91 bits per heavy atom. The average molecular weight is 340 g/mol. The molecule has 7 nitrogen and oxygen atoms in total. The van der Waals surface area contributed by atoms with Crippen molar-refractivity contribution in [2.45, 2.75) is 18.9 Å². The Balaban J connectivity index is 1.86. The molecule has 1 atom stereocenters. The van der Waals surface area contributed by atoms with E-state index in [9.17, 15) is 18.0 Å². The van der Waals surface area contributed by atoms with Crippen LogP contribution in [0.1, 0.15) is 23.7 Å². The molecule has 2 rings (SSSR count). The number of carbonyl (C=O) groups excluding carboxylic acids is 2. The van der Waals surface area contributed by atoms with Crippen molar-refractivity contribution in [1.29, 1.82) is 0 Å². The number of ether oxygens (including phenoxy) is 1. The van der Waals surface area contributed by atoms with Crippen LogP contribution in [-0.2, 0) is 14.6 Å². The van der Waals surface area contributed by atoms with Crippen LogP contribution in [0.4, 0.5) is 0 Å². The summed E-state index contributed by atoms with van der Waals surface area (Å²) in [5.41, 5.74) is -0.240. The molecule has 2 amide bonds. The number of sulfone groups is 1. The fraction of sp³-hybridized carbons (Fsp3) is 0.467. The second kappa shape index (κ2) is 6.57. The molecule has 23 heavy (non-hydrogen) atoms. The van der Waals surface area contributed by atoms with Gasteiger partial charge in [0.25, 0.3) is 11.8 Å². The van der Waals surface area contributed by atoms with Gasteiger partial charge in [-0.2, -0.15) is 0 Å². The highest BCUT2D eigenvalue weighted by Gasteiger charge is 2.39. The molecule has 0 aromatic heterocycles. The Morgan fingerprint density at radius 1 is 1.26 bits per heavy atom. The molecule has 126 valence electrons. The first-order valence-corrected chi connectivity index (χ1v) is 9.02. The van der Waals surface area contributed by atoms with Gasteiger partial charge in [0, 0.05) is 12.6 Å². The highest BCUT2D eigenvalue weighted by atomic mass is 32.2. The van der Waals surface area contributed by atoms with E-state index in [1.807, 2.05) is 0 Å². The number of carbonyl (C=O) groups is 2. The summed E-state index contributed by atoms with van der Waals surface area (Å²) in [6.07, 6.45) is 0.405. The maximum atomic E-state index is 11.9. The fourth-order valence-electron chi connectivity index (χ4n) is 2.48. The molecule has 8 heteroatoms. The minimum atomic E-state index is -3.08. The summed E-state index contributed by atoms with van der Waals surface area (Å²) in [6, 6.07) is 6.38. The van der Waals surface area contributed by atoms with Crippen LogP contribution in [0.5, 0.6) is 5.75 Å². The van der Waals surface area contributed by atoms with Crippen LogP contribution in [0.25, 0.3) is 0 Å². The van der Waals surface area contributed by atoms with Crippen LogP contribution in [0, 0.1) is 0 Å². The molecule has 0 spiro atoms. The van der Waals surface area contributed by atoms with Crippen molar-refractivity contribution >= 4 is 21.7 Å². The van der Waals surface area contributed by atoms with Crippen molar-refractivity contribution in [3.8, 4) is 5.75 Å². The van der Waals surface area contributed by atoms with Gasteiger partial charge in [0.05, 0.1) is 17.0 Å². The Labute approximate surface area is 135 Å². The van der Waals surface area contributed by atoms with E-state index in [0.717, 1.165) is 0 Å². The number of nitrogens with one attached hydrogen (secondary N) is 2. The molecule has 1 aliphatic rings. The first-order valence-electron chi connectivity index (χ1n) is 7.19. The molecule has 0 aliphatic carbocycles. The summed E-state index contributed by atoms with van der Waals surface area (Å²) in [5.74, 6) is -0.0836. The zero-order valence-electron chi connectivity index (χ0n) is 13.1. The van der Waals surface area contributed by atoms with E-state index >= 15 is 0 Å². The third-order valence-corrected chi connectivity index (χ3v) is 5.56. The molecular formula is C15H20N2O5S. The van der Waals surface area contributed by atoms with Gasteiger partial charge in [0.1, 0.15) is 5.75 Å². The van der Waals surface area contributed by atoms with E-state index in [1.165, 1.54) is 0 Å². The van der Waals surface area contributed by atoms with Crippen LogP contribution in [0.15, 0.2) is 24.3 Å². The number of benzene rings is 1. The quantitative estimate of drug-likeness (QED) is 0.793. The van der Waals surface area contributed by atoms with E-state index in [4.69, 9.17) is 4.74 Å². The van der Waals surface area contributed by atoms with Crippen LogP contribution < -0.4 is 15.4 Å². The molecule has 0 unspecified atom stereocenters. The molecule has 0 saturated carbocycles. The smallest absolute Gasteiger partial charge is 0.258 e. The number of rotatable bonds is 5. The minimum Gasteiger partial charge on any atom is -0.484 e. The van der Waals surface area contributed by atoms with Gasteiger partial charge in [-0.3, -0.25) is 9.59 Å². The Kier molecular flexibility index (Phi) is 4.93. The van der Waals surface area contributed by atoms with E-state index in [1.54, 1.807) is 38.2 Å². The van der Waals surface area contributed by atoms with E-state index in [-0.39, 0.29) is 29.9 Å². The van der Waals surface area contributed by atoms with E-state index < -0.39 is 15.4 Å². The average Bonchev–Trinajstić information content (AvgIpc) is 2.78. The lowest BCUT2D eigenvalue weighted by Gasteiger charge is -2.23. The van der Waals surface area contributed by atoms with Crippen molar-refractivity contribution in [2.75, 3.05) is 25.2 Å². The van der Waals surface area contributed by atoms with Crippen molar-refractivity contribution in [1.82, 2.24) is 10.6 Å². The third-order valence-electron chi connectivity index (χ3n) is 3.66. The monoisotopic (exact) mass is 340 g/mol. The molecule has 1 heterocycles. The highest BCUT2D eigenvalue weighted by molar-refractivity contribution is 7.91. The normalized spacial score (nSPS) is 22.3. The van der Waals surface area contributed by atoms with Gasteiger partial charge >= 0.3 is 0 Å². The molecule has 0 radical (unpaired) electrons. The van der Waals surface area contributed by atoms with E-state index in [0.29, 0.717) is 17.7 Å². The minimum absolute atomic E-state index is 0.0490. The lowest BCUT2D eigenvalue weighted by Crippen LogP contribution is -2.48. The predicted octanol–water partition coefficient (Wildman–Crippen LogP) is 0.118. The zero-order valence-corrected chi connectivity index (χ0v) is 13.9. The van der Waals surface area contributed by atoms with Gasteiger partial charge in [-0.05, 0) is 37.6 Å². The molecule has 1 saturated heterocycles. The van der Waals surface area contributed by atoms with Gasteiger partial charge in [-0.1, -0.05) is 0 Å². The zero-order chi connectivity index (χ0) is 17.1. The van der Waals surface area contributed by atoms with Crippen LogP contribution in [0.3, 0.4) is 0 Å². The van der Waals surface area contributed by atoms with Crippen molar-refractivity contribution < 1.29 is 22.7 Å². The van der Waals surface area contributed by atoms with Gasteiger partial charge < -0.3 is 15.4 Å².